The van der Waals surface area contributed by atoms with Crippen molar-refractivity contribution in [2.75, 3.05) is 6.54 Å². The van der Waals surface area contributed by atoms with Crippen molar-refractivity contribution in [3.8, 4) is 0 Å². The third-order valence-electron chi connectivity index (χ3n) is 2.37. The van der Waals surface area contributed by atoms with E-state index in [0.717, 1.165) is 10.9 Å². The highest BCUT2D eigenvalue weighted by atomic mass is 79.9. The summed E-state index contributed by atoms with van der Waals surface area (Å²) in [6.07, 6.45) is 0.753. The van der Waals surface area contributed by atoms with Gasteiger partial charge in [-0.1, -0.05) is 15.9 Å². The minimum absolute atomic E-state index is 0.244. The van der Waals surface area contributed by atoms with E-state index in [-0.39, 0.29) is 18.0 Å². The predicted octanol–water partition coefficient (Wildman–Crippen LogP) is 3.23. The second-order valence-corrected chi connectivity index (χ2v) is 5.24. The lowest BCUT2D eigenvalue weighted by molar-refractivity contribution is -0.0342. The number of ether oxygens (including phenoxy) is 1. The van der Waals surface area contributed by atoms with Crippen LogP contribution in [-0.2, 0) is 11.3 Å². The molecule has 2 nitrogen and oxygen atoms in total. The Hall–Kier alpha value is -0.450. The Balaban J connectivity index is 2.63. The van der Waals surface area contributed by atoms with Crippen molar-refractivity contribution in [1.82, 2.24) is 0 Å². The Kier molecular flexibility index (Phi) is 4.89. The van der Waals surface area contributed by atoms with Crippen LogP contribution in [-0.4, -0.2) is 12.1 Å². The number of hydrogen-bond acceptors (Lipinski definition) is 2. The Labute approximate surface area is 104 Å². The average Bonchev–Trinajstić information content (AvgIpc) is 2.19. The van der Waals surface area contributed by atoms with Crippen molar-refractivity contribution in [3.05, 3.63) is 34.1 Å². The van der Waals surface area contributed by atoms with Gasteiger partial charge in [-0.05, 0) is 45.0 Å². The van der Waals surface area contributed by atoms with Gasteiger partial charge in [0.1, 0.15) is 5.82 Å². The minimum atomic E-state index is -0.316. The number of hydrogen-bond donors (Lipinski definition) is 1. The highest BCUT2D eigenvalue weighted by Gasteiger charge is 2.18. The summed E-state index contributed by atoms with van der Waals surface area (Å²) in [5, 5.41) is 0. The largest absolute Gasteiger partial charge is 0.371 e. The molecule has 0 aromatic heterocycles. The maximum atomic E-state index is 13.4. The summed E-state index contributed by atoms with van der Waals surface area (Å²) in [4.78, 5) is 0. The van der Waals surface area contributed by atoms with Crippen molar-refractivity contribution in [3.63, 3.8) is 0 Å². The van der Waals surface area contributed by atoms with E-state index in [0.29, 0.717) is 12.1 Å². The summed E-state index contributed by atoms with van der Waals surface area (Å²) >= 11 is 3.31. The first kappa shape index (κ1) is 13.6. The summed E-state index contributed by atoms with van der Waals surface area (Å²) in [5.74, 6) is -0.244. The Bertz CT molecular complexity index is 355. The van der Waals surface area contributed by atoms with Gasteiger partial charge in [-0.2, -0.15) is 0 Å². The van der Waals surface area contributed by atoms with Gasteiger partial charge in [-0.15, -0.1) is 0 Å². The molecule has 0 spiro atoms. The van der Waals surface area contributed by atoms with Gasteiger partial charge in [0.2, 0.25) is 0 Å². The standard InChI is InChI=1S/C12H17BrFNO/c1-12(2,5-6-15)16-8-9-7-10(13)3-4-11(9)14/h3-4,7H,5-6,8,15H2,1-2H3. The molecular formula is C12H17BrFNO. The van der Waals surface area contributed by atoms with Gasteiger partial charge in [0.05, 0.1) is 12.2 Å². The van der Waals surface area contributed by atoms with Gasteiger partial charge >= 0.3 is 0 Å². The molecule has 2 N–H and O–H groups in total. The number of rotatable bonds is 5. The molecule has 0 amide bonds. The zero-order valence-corrected chi connectivity index (χ0v) is 11.2. The van der Waals surface area contributed by atoms with Crippen molar-refractivity contribution in [2.45, 2.75) is 32.5 Å². The van der Waals surface area contributed by atoms with E-state index in [1.165, 1.54) is 6.07 Å². The first-order chi connectivity index (χ1) is 7.44. The van der Waals surface area contributed by atoms with Gasteiger partial charge in [0.25, 0.3) is 0 Å². The molecule has 0 saturated heterocycles. The van der Waals surface area contributed by atoms with Gasteiger partial charge in [0, 0.05) is 10.0 Å². The van der Waals surface area contributed by atoms with E-state index in [1.54, 1.807) is 12.1 Å². The van der Waals surface area contributed by atoms with Crippen LogP contribution in [0.4, 0.5) is 4.39 Å². The van der Waals surface area contributed by atoms with Crippen LogP contribution < -0.4 is 5.73 Å². The van der Waals surface area contributed by atoms with Gasteiger partial charge in [-0.25, -0.2) is 4.39 Å². The molecule has 16 heavy (non-hydrogen) atoms. The lowest BCUT2D eigenvalue weighted by Gasteiger charge is -2.24. The van der Waals surface area contributed by atoms with E-state index >= 15 is 0 Å². The third-order valence-corrected chi connectivity index (χ3v) is 2.87. The molecule has 1 rings (SSSR count). The quantitative estimate of drug-likeness (QED) is 0.903. The highest BCUT2D eigenvalue weighted by Crippen LogP contribution is 2.20. The molecule has 4 heteroatoms. The van der Waals surface area contributed by atoms with Crippen LogP contribution in [0.25, 0.3) is 0 Å². The third kappa shape index (κ3) is 4.20. The maximum absolute atomic E-state index is 13.4. The minimum Gasteiger partial charge on any atom is -0.371 e. The second kappa shape index (κ2) is 5.75. The average molecular weight is 290 g/mol. The van der Waals surface area contributed by atoms with E-state index < -0.39 is 0 Å². The van der Waals surface area contributed by atoms with E-state index in [9.17, 15) is 4.39 Å². The smallest absolute Gasteiger partial charge is 0.128 e. The van der Waals surface area contributed by atoms with Crippen LogP contribution in [0.15, 0.2) is 22.7 Å². The number of halogens is 2. The zero-order valence-electron chi connectivity index (χ0n) is 9.59. The SMILES string of the molecule is CC(C)(CCN)OCc1cc(Br)ccc1F. The molecule has 0 unspecified atom stereocenters. The lowest BCUT2D eigenvalue weighted by atomic mass is 10.1. The molecule has 1 aromatic carbocycles. The first-order valence-corrected chi connectivity index (χ1v) is 6.02. The van der Waals surface area contributed by atoms with Gasteiger partial charge in [-0.3, -0.25) is 0 Å². The predicted molar refractivity (Wildman–Crippen MR) is 66.6 cm³/mol. The van der Waals surface area contributed by atoms with Crippen molar-refractivity contribution in [1.29, 1.82) is 0 Å². The Morgan fingerprint density at radius 3 is 2.75 bits per heavy atom. The van der Waals surface area contributed by atoms with Crippen LogP contribution in [0.3, 0.4) is 0 Å². The first-order valence-electron chi connectivity index (χ1n) is 5.22. The zero-order chi connectivity index (χ0) is 12.2. The summed E-state index contributed by atoms with van der Waals surface area (Å²) in [6.45, 7) is 4.73. The van der Waals surface area contributed by atoms with E-state index in [4.69, 9.17) is 10.5 Å². The molecule has 0 aliphatic heterocycles. The monoisotopic (exact) mass is 289 g/mol. The van der Waals surface area contributed by atoms with Crippen LogP contribution in [0.1, 0.15) is 25.8 Å². The summed E-state index contributed by atoms with van der Waals surface area (Å²) < 4.78 is 19.9. The second-order valence-electron chi connectivity index (χ2n) is 4.32. The maximum Gasteiger partial charge on any atom is 0.128 e. The van der Waals surface area contributed by atoms with Crippen LogP contribution in [0.5, 0.6) is 0 Å². The molecule has 0 bridgehead atoms. The molecule has 0 aliphatic rings. The van der Waals surface area contributed by atoms with Crippen molar-refractivity contribution >= 4 is 15.9 Å². The Morgan fingerprint density at radius 1 is 1.44 bits per heavy atom. The molecule has 90 valence electrons. The lowest BCUT2D eigenvalue weighted by Crippen LogP contribution is -2.27. The fraction of sp³-hybridized carbons (Fsp3) is 0.500. The fourth-order valence-corrected chi connectivity index (χ4v) is 1.76. The number of benzene rings is 1. The molecule has 0 saturated carbocycles. The fourth-order valence-electron chi connectivity index (χ4n) is 1.35. The normalized spacial score (nSPS) is 11.8. The highest BCUT2D eigenvalue weighted by molar-refractivity contribution is 9.10. The van der Waals surface area contributed by atoms with Crippen LogP contribution in [0.2, 0.25) is 0 Å². The van der Waals surface area contributed by atoms with E-state index in [1.807, 2.05) is 13.8 Å². The van der Waals surface area contributed by atoms with Crippen molar-refractivity contribution in [2.24, 2.45) is 5.73 Å². The molecule has 0 heterocycles. The van der Waals surface area contributed by atoms with Crippen LogP contribution >= 0.6 is 15.9 Å². The summed E-state index contributed by atoms with van der Waals surface area (Å²) in [7, 11) is 0. The topological polar surface area (TPSA) is 35.2 Å². The summed E-state index contributed by atoms with van der Waals surface area (Å²) in [6, 6.07) is 4.83. The summed E-state index contributed by atoms with van der Waals surface area (Å²) in [5.41, 5.74) is 5.72. The molecule has 0 aliphatic carbocycles. The van der Waals surface area contributed by atoms with Crippen LogP contribution in [0, 0.1) is 5.82 Å². The molecule has 0 radical (unpaired) electrons. The van der Waals surface area contributed by atoms with Crippen molar-refractivity contribution < 1.29 is 9.13 Å². The van der Waals surface area contributed by atoms with Gasteiger partial charge in [0.15, 0.2) is 0 Å². The molecule has 1 aromatic rings. The number of nitrogens with two attached hydrogens (primary N) is 1. The molecule has 0 fully saturated rings. The Morgan fingerprint density at radius 2 is 2.12 bits per heavy atom. The molecular weight excluding hydrogens is 273 g/mol. The van der Waals surface area contributed by atoms with E-state index in [2.05, 4.69) is 15.9 Å². The molecule has 0 atom stereocenters. The van der Waals surface area contributed by atoms with Gasteiger partial charge < -0.3 is 10.5 Å².